The Morgan fingerprint density at radius 1 is 1.08 bits per heavy atom. The van der Waals surface area contributed by atoms with Gasteiger partial charge in [0.1, 0.15) is 34.4 Å². The Balaban J connectivity index is 1.42. The van der Waals surface area contributed by atoms with Crippen LogP contribution in [0.5, 0.6) is 5.88 Å². The minimum absolute atomic E-state index is 0.0220. The van der Waals surface area contributed by atoms with Gasteiger partial charge in [0, 0.05) is 35.9 Å². The first-order valence-corrected chi connectivity index (χ1v) is 12.0. The lowest BCUT2D eigenvalue weighted by Gasteiger charge is -2.28. The number of fused-ring (bicyclic) bond motifs is 1. The van der Waals surface area contributed by atoms with Crippen LogP contribution in [0.3, 0.4) is 0 Å². The molecule has 0 amide bonds. The van der Waals surface area contributed by atoms with E-state index < -0.39 is 24.1 Å². The lowest BCUT2D eigenvalue weighted by Crippen LogP contribution is -2.20. The largest absolute Gasteiger partial charge is 0.415 e. The Kier molecular flexibility index (Phi) is 5.98. The summed E-state index contributed by atoms with van der Waals surface area (Å²) in [4.78, 5) is 17.6. The van der Waals surface area contributed by atoms with Gasteiger partial charge in [0.15, 0.2) is 5.65 Å². The van der Waals surface area contributed by atoms with Gasteiger partial charge in [-0.2, -0.15) is 13.9 Å². The molecule has 2 aliphatic rings. The summed E-state index contributed by atoms with van der Waals surface area (Å²) in [5.41, 5.74) is 1.11. The number of ether oxygens (including phenoxy) is 2. The van der Waals surface area contributed by atoms with Gasteiger partial charge >= 0.3 is 6.61 Å². The Morgan fingerprint density at radius 3 is 2.68 bits per heavy atom. The Labute approximate surface area is 208 Å². The molecular formula is C25H22F4N6O2. The van der Waals surface area contributed by atoms with Crippen molar-refractivity contribution in [1.82, 2.24) is 29.7 Å². The van der Waals surface area contributed by atoms with Crippen LogP contribution in [0.1, 0.15) is 60.8 Å². The Hall–Kier alpha value is -3.67. The van der Waals surface area contributed by atoms with Gasteiger partial charge < -0.3 is 9.47 Å². The number of benzene rings is 1. The van der Waals surface area contributed by atoms with Crippen molar-refractivity contribution >= 4 is 11.2 Å². The van der Waals surface area contributed by atoms with E-state index in [0.717, 1.165) is 30.5 Å². The topological polar surface area (TPSA) is 87.8 Å². The van der Waals surface area contributed by atoms with Crippen LogP contribution in [0.25, 0.3) is 22.4 Å². The highest BCUT2D eigenvalue weighted by Crippen LogP contribution is 2.40. The summed E-state index contributed by atoms with van der Waals surface area (Å²) in [6, 6.07) is 3.49. The first-order valence-electron chi connectivity index (χ1n) is 12.0. The van der Waals surface area contributed by atoms with Crippen LogP contribution >= 0.6 is 0 Å². The summed E-state index contributed by atoms with van der Waals surface area (Å²) < 4.78 is 66.8. The minimum Gasteiger partial charge on any atom is -0.415 e. The molecule has 6 rings (SSSR count). The summed E-state index contributed by atoms with van der Waals surface area (Å²) in [6.07, 6.45) is 7.01. The van der Waals surface area contributed by atoms with Crippen LogP contribution in [0, 0.1) is 18.6 Å². The van der Waals surface area contributed by atoms with Crippen molar-refractivity contribution in [2.75, 3.05) is 6.61 Å². The van der Waals surface area contributed by atoms with Crippen molar-refractivity contribution in [1.29, 1.82) is 0 Å². The van der Waals surface area contributed by atoms with E-state index in [1.165, 1.54) is 13.0 Å². The van der Waals surface area contributed by atoms with Crippen LogP contribution in [0.15, 0.2) is 30.6 Å². The monoisotopic (exact) mass is 514 g/mol. The number of aryl methyl sites for hydroxylation is 1. The summed E-state index contributed by atoms with van der Waals surface area (Å²) >= 11 is 0. The summed E-state index contributed by atoms with van der Waals surface area (Å²) in [5, 5.41) is 4.45. The molecule has 0 radical (unpaired) electrons. The van der Waals surface area contributed by atoms with Crippen LogP contribution in [0.2, 0.25) is 0 Å². The predicted octanol–water partition coefficient (Wildman–Crippen LogP) is 5.44. The van der Waals surface area contributed by atoms with E-state index >= 15 is 0 Å². The molecule has 1 aliphatic heterocycles. The van der Waals surface area contributed by atoms with E-state index in [1.54, 1.807) is 0 Å². The minimum atomic E-state index is -3.12. The van der Waals surface area contributed by atoms with Gasteiger partial charge in [-0.3, -0.25) is 4.68 Å². The highest BCUT2D eigenvalue weighted by Gasteiger charge is 2.31. The zero-order valence-corrected chi connectivity index (χ0v) is 19.7. The molecule has 8 nitrogen and oxygen atoms in total. The van der Waals surface area contributed by atoms with Crippen molar-refractivity contribution in [2.45, 2.75) is 57.3 Å². The first-order chi connectivity index (χ1) is 17.9. The quantitative estimate of drug-likeness (QED) is 0.317. The zero-order valence-electron chi connectivity index (χ0n) is 19.7. The van der Waals surface area contributed by atoms with Gasteiger partial charge in [0.2, 0.25) is 5.88 Å². The predicted molar refractivity (Wildman–Crippen MR) is 123 cm³/mol. The van der Waals surface area contributed by atoms with E-state index in [0.29, 0.717) is 31.3 Å². The van der Waals surface area contributed by atoms with E-state index in [-0.39, 0.29) is 40.1 Å². The smallest absolute Gasteiger partial charge is 0.388 e. The fourth-order valence-electron chi connectivity index (χ4n) is 4.60. The van der Waals surface area contributed by atoms with E-state index in [1.807, 2.05) is 17.1 Å². The molecule has 0 N–H and O–H groups in total. The molecule has 2 atom stereocenters. The maximum Gasteiger partial charge on any atom is 0.388 e. The second-order valence-corrected chi connectivity index (χ2v) is 9.29. The molecule has 1 aliphatic carbocycles. The summed E-state index contributed by atoms with van der Waals surface area (Å²) in [6.45, 7) is -1.20. The molecule has 4 aromatic rings. The standard InChI is InChI=1S/C25H22F4N6O2/c1-12-24(37-25(28)29)33-21-20(17-5-2-15(26)9-18(17)27)32-22(34-23(21)31-12)13-6-7-36-19(8-13)14-10-30-35(11-14)16-3-4-16/h2,5,9-11,13,16,19,25H,3-4,6-8H2,1H3. The Morgan fingerprint density at radius 2 is 1.92 bits per heavy atom. The summed E-state index contributed by atoms with van der Waals surface area (Å²) in [7, 11) is 0. The number of rotatable bonds is 6. The molecule has 4 heterocycles. The van der Waals surface area contributed by atoms with Crippen LogP contribution in [-0.4, -0.2) is 42.9 Å². The maximum absolute atomic E-state index is 14.9. The zero-order chi connectivity index (χ0) is 25.7. The van der Waals surface area contributed by atoms with Gasteiger partial charge in [0.25, 0.3) is 0 Å². The average Bonchev–Trinajstić information content (AvgIpc) is 3.60. The van der Waals surface area contributed by atoms with Gasteiger partial charge in [-0.15, -0.1) is 0 Å². The summed E-state index contributed by atoms with van der Waals surface area (Å²) in [5.74, 6) is -1.81. The lowest BCUT2D eigenvalue weighted by molar-refractivity contribution is -0.0534. The molecule has 2 fully saturated rings. The fourth-order valence-corrected chi connectivity index (χ4v) is 4.60. The highest BCUT2D eigenvalue weighted by molar-refractivity contribution is 5.87. The highest BCUT2D eigenvalue weighted by atomic mass is 19.3. The van der Waals surface area contributed by atoms with Gasteiger partial charge in [-0.05, 0) is 44.7 Å². The molecule has 2 unspecified atom stereocenters. The van der Waals surface area contributed by atoms with Crippen molar-refractivity contribution in [3.63, 3.8) is 0 Å². The molecule has 0 bridgehead atoms. The molecule has 192 valence electrons. The van der Waals surface area contributed by atoms with E-state index in [2.05, 4.69) is 29.8 Å². The third-order valence-electron chi connectivity index (χ3n) is 6.63. The molecule has 3 aromatic heterocycles. The fraction of sp³-hybridized carbons (Fsp3) is 0.400. The molecule has 1 saturated heterocycles. The van der Waals surface area contributed by atoms with Crippen molar-refractivity contribution in [2.24, 2.45) is 0 Å². The van der Waals surface area contributed by atoms with Gasteiger partial charge in [-0.1, -0.05) is 0 Å². The van der Waals surface area contributed by atoms with Crippen LogP contribution in [-0.2, 0) is 4.74 Å². The average molecular weight is 514 g/mol. The second kappa shape index (κ2) is 9.33. The number of alkyl halides is 2. The number of aromatic nitrogens is 6. The third-order valence-corrected chi connectivity index (χ3v) is 6.63. The van der Waals surface area contributed by atoms with E-state index in [9.17, 15) is 17.6 Å². The van der Waals surface area contributed by atoms with Crippen molar-refractivity contribution in [3.05, 3.63) is 59.3 Å². The second-order valence-electron chi connectivity index (χ2n) is 9.29. The molecule has 0 spiro atoms. The number of hydrogen-bond donors (Lipinski definition) is 0. The molecular weight excluding hydrogens is 492 g/mol. The third kappa shape index (κ3) is 4.73. The lowest BCUT2D eigenvalue weighted by atomic mass is 9.92. The molecule has 1 saturated carbocycles. The van der Waals surface area contributed by atoms with Crippen LogP contribution < -0.4 is 4.74 Å². The molecule has 1 aromatic carbocycles. The van der Waals surface area contributed by atoms with E-state index in [4.69, 9.17) is 4.74 Å². The Bertz CT molecular complexity index is 1480. The number of halogens is 4. The first kappa shape index (κ1) is 23.7. The number of hydrogen-bond acceptors (Lipinski definition) is 7. The number of nitrogens with zero attached hydrogens (tertiary/aromatic N) is 6. The van der Waals surface area contributed by atoms with Gasteiger partial charge in [0.05, 0.1) is 18.3 Å². The molecule has 12 heteroatoms. The van der Waals surface area contributed by atoms with Crippen LogP contribution in [0.4, 0.5) is 17.6 Å². The van der Waals surface area contributed by atoms with Crippen molar-refractivity contribution < 1.29 is 27.0 Å². The normalized spacial score (nSPS) is 20.1. The molecule has 37 heavy (non-hydrogen) atoms. The van der Waals surface area contributed by atoms with Crippen molar-refractivity contribution in [3.8, 4) is 17.1 Å². The maximum atomic E-state index is 14.9. The SMILES string of the molecule is Cc1nc2nc(C3CCOC(c4cnn(C5CC5)c4)C3)nc(-c3ccc(F)cc3F)c2nc1OC(F)F. The van der Waals surface area contributed by atoms with Gasteiger partial charge in [-0.25, -0.2) is 28.7 Å².